The largest absolute Gasteiger partial charge is 0.481 e. The summed E-state index contributed by atoms with van der Waals surface area (Å²) >= 11 is 0. The van der Waals surface area contributed by atoms with Gasteiger partial charge in [0.2, 0.25) is 5.91 Å². The second-order valence-electron chi connectivity index (χ2n) is 6.90. The molecule has 124 valence electrons. The van der Waals surface area contributed by atoms with Gasteiger partial charge in [0.15, 0.2) is 0 Å². The maximum atomic E-state index is 12.2. The van der Waals surface area contributed by atoms with Crippen molar-refractivity contribution in [3.8, 4) is 0 Å². The topological polar surface area (TPSA) is 107 Å². The van der Waals surface area contributed by atoms with Crippen molar-refractivity contribution in [2.75, 3.05) is 13.1 Å². The number of hydrogen-bond acceptors (Lipinski definition) is 4. The molecule has 0 aromatic heterocycles. The molecule has 2 rings (SSSR count). The summed E-state index contributed by atoms with van der Waals surface area (Å²) in [6, 6.07) is 0.195. The molecule has 3 N–H and O–H groups in total. The van der Waals surface area contributed by atoms with Crippen molar-refractivity contribution in [1.29, 1.82) is 0 Å². The van der Waals surface area contributed by atoms with E-state index in [1.165, 1.54) is 0 Å². The Labute approximate surface area is 129 Å². The van der Waals surface area contributed by atoms with E-state index in [0.717, 1.165) is 12.8 Å². The molecular formula is C15H24N2O5. The monoisotopic (exact) mass is 312 g/mol. The van der Waals surface area contributed by atoms with Crippen LogP contribution in [0.2, 0.25) is 0 Å². The molecule has 0 spiro atoms. The fraction of sp³-hybridized carbons (Fsp3) is 0.800. The van der Waals surface area contributed by atoms with Crippen molar-refractivity contribution < 1.29 is 24.6 Å². The first-order chi connectivity index (χ1) is 10.2. The van der Waals surface area contributed by atoms with Crippen molar-refractivity contribution in [1.82, 2.24) is 10.2 Å². The third kappa shape index (κ3) is 3.09. The molecule has 7 nitrogen and oxygen atoms in total. The van der Waals surface area contributed by atoms with E-state index in [1.807, 2.05) is 11.8 Å². The van der Waals surface area contributed by atoms with Crippen LogP contribution in [-0.2, 0) is 14.4 Å². The van der Waals surface area contributed by atoms with Gasteiger partial charge in [0, 0.05) is 12.1 Å². The summed E-state index contributed by atoms with van der Waals surface area (Å²) in [7, 11) is 0. The summed E-state index contributed by atoms with van der Waals surface area (Å²) in [5, 5.41) is 20.9. The Hall–Kier alpha value is -1.63. The molecule has 0 saturated heterocycles. The van der Waals surface area contributed by atoms with Crippen molar-refractivity contribution in [3.63, 3.8) is 0 Å². The molecule has 2 atom stereocenters. The first-order valence-electron chi connectivity index (χ1n) is 7.67. The van der Waals surface area contributed by atoms with Crippen LogP contribution < -0.4 is 5.32 Å². The van der Waals surface area contributed by atoms with E-state index < -0.39 is 29.2 Å². The SMILES string of the molecule is CCN(CC(=O)O)C1CC(NC(=O)[C@@H]2[C@H](C(=O)O)C2(C)C)C1. The molecule has 0 unspecified atom stereocenters. The number of aliphatic carboxylic acids is 2. The molecule has 2 fully saturated rings. The smallest absolute Gasteiger partial charge is 0.317 e. The normalized spacial score (nSPS) is 32.2. The first-order valence-corrected chi connectivity index (χ1v) is 7.67. The van der Waals surface area contributed by atoms with Gasteiger partial charge < -0.3 is 15.5 Å². The van der Waals surface area contributed by atoms with Crippen molar-refractivity contribution >= 4 is 17.8 Å². The molecule has 2 aliphatic carbocycles. The Balaban J connectivity index is 1.80. The lowest BCUT2D eigenvalue weighted by atomic mass is 9.85. The number of carbonyl (C=O) groups is 3. The minimum absolute atomic E-state index is 0.0125. The average molecular weight is 312 g/mol. The van der Waals surface area contributed by atoms with Crippen LogP contribution in [0.25, 0.3) is 0 Å². The third-order valence-corrected chi connectivity index (χ3v) is 5.10. The van der Waals surface area contributed by atoms with Gasteiger partial charge in [-0.1, -0.05) is 20.8 Å². The molecule has 0 bridgehead atoms. The van der Waals surface area contributed by atoms with Crippen LogP contribution in [0.4, 0.5) is 0 Å². The maximum Gasteiger partial charge on any atom is 0.317 e. The fourth-order valence-corrected chi connectivity index (χ4v) is 3.56. The van der Waals surface area contributed by atoms with Gasteiger partial charge in [-0.3, -0.25) is 19.3 Å². The summed E-state index contributed by atoms with van der Waals surface area (Å²) in [6.45, 7) is 6.18. The number of likely N-dealkylation sites (N-methyl/N-ethyl adjacent to an activating group) is 1. The highest BCUT2D eigenvalue weighted by Gasteiger charge is 2.66. The number of nitrogens with one attached hydrogen (secondary N) is 1. The lowest BCUT2D eigenvalue weighted by Crippen LogP contribution is -2.55. The molecule has 2 saturated carbocycles. The van der Waals surface area contributed by atoms with Crippen molar-refractivity contribution in [3.05, 3.63) is 0 Å². The molecule has 2 aliphatic rings. The minimum atomic E-state index is -0.921. The zero-order valence-electron chi connectivity index (χ0n) is 13.2. The summed E-state index contributed by atoms with van der Waals surface area (Å²) < 4.78 is 0. The summed E-state index contributed by atoms with van der Waals surface area (Å²) in [4.78, 5) is 35.9. The molecule has 0 radical (unpaired) electrons. The molecule has 1 amide bonds. The standard InChI is InChI=1S/C15H24N2O5/c1-4-17(7-10(18)19)9-5-8(6-9)16-13(20)11-12(14(21)22)15(11,2)3/h8-9,11-12H,4-7H2,1-3H3,(H,16,20)(H,18,19)(H,21,22)/t8?,9?,11-,12+/m0/s1. The zero-order valence-corrected chi connectivity index (χ0v) is 13.2. The lowest BCUT2D eigenvalue weighted by molar-refractivity contribution is -0.140. The Bertz CT molecular complexity index is 484. The van der Waals surface area contributed by atoms with Gasteiger partial charge in [-0.15, -0.1) is 0 Å². The zero-order chi connectivity index (χ0) is 16.7. The Morgan fingerprint density at radius 1 is 1.18 bits per heavy atom. The summed E-state index contributed by atoms with van der Waals surface area (Å²) in [6.07, 6.45) is 1.44. The van der Waals surface area contributed by atoms with Crippen LogP contribution in [0.15, 0.2) is 0 Å². The maximum absolute atomic E-state index is 12.2. The molecular weight excluding hydrogens is 288 g/mol. The van der Waals surface area contributed by atoms with Gasteiger partial charge in [0.1, 0.15) is 0 Å². The molecule has 0 aromatic rings. The number of rotatable bonds is 7. The van der Waals surface area contributed by atoms with Gasteiger partial charge in [0.05, 0.1) is 18.4 Å². The fourth-order valence-electron chi connectivity index (χ4n) is 3.56. The molecule has 0 heterocycles. The first kappa shape index (κ1) is 16.7. The Morgan fingerprint density at radius 3 is 2.18 bits per heavy atom. The van der Waals surface area contributed by atoms with Crippen LogP contribution in [0.1, 0.15) is 33.6 Å². The van der Waals surface area contributed by atoms with Crippen LogP contribution in [-0.4, -0.2) is 58.1 Å². The van der Waals surface area contributed by atoms with E-state index in [0.29, 0.717) is 6.54 Å². The van der Waals surface area contributed by atoms with Gasteiger partial charge in [0.25, 0.3) is 0 Å². The molecule has 7 heteroatoms. The van der Waals surface area contributed by atoms with Gasteiger partial charge in [-0.2, -0.15) is 0 Å². The molecule has 22 heavy (non-hydrogen) atoms. The second kappa shape index (κ2) is 5.87. The molecule has 0 aliphatic heterocycles. The third-order valence-electron chi connectivity index (χ3n) is 5.10. The van der Waals surface area contributed by atoms with Crippen molar-refractivity contribution in [2.45, 2.75) is 45.7 Å². The molecule has 0 aromatic carbocycles. The van der Waals surface area contributed by atoms with Gasteiger partial charge in [-0.25, -0.2) is 0 Å². The van der Waals surface area contributed by atoms with E-state index in [2.05, 4.69) is 5.32 Å². The number of nitrogens with zero attached hydrogens (tertiary/aromatic N) is 1. The highest BCUT2D eigenvalue weighted by molar-refractivity contribution is 5.91. The number of carboxylic acid groups (broad SMARTS) is 2. The van der Waals surface area contributed by atoms with Crippen LogP contribution in [0.5, 0.6) is 0 Å². The minimum Gasteiger partial charge on any atom is -0.481 e. The second-order valence-corrected chi connectivity index (χ2v) is 6.90. The highest BCUT2D eigenvalue weighted by atomic mass is 16.4. The van der Waals surface area contributed by atoms with E-state index in [4.69, 9.17) is 10.2 Å². The Kier molecular flexibility index (Phi) is 4.47. The summed E-state index contributed by atoms with van der Waals surface area (Å²) in [5.74, 6) is -3.04. The summed E-state index contributed by atoms with van der Waals surface area (Å²) in [5.41, 5.74) is -0.488. The van der Waals surface area contributed by atoms with Crippen LogP contribution in [0.3, 0.4) is 0 Å². The van der Waals surface area contributed by atoms with Crippen molar-refractivity contribution in [2.24, 2.45) is 17.3 Å². The van der Waals surface area contributed by atoms with Gasteiger partial charge in [-0.05, 0) is 24.8 Å². The van der Waals surface area contributed by atoms with E-state index in [9.17, 15) is 14.4 Å². The van der Waals surface area contributed by atoms with Gasteiger partial charge >= 0.3 is 11.9 Å². The van der Waals surface area contributed by atoms with E-state index in [1.54, 1.807) is 13.8 Å². The number of amides is 1. The number of carboxylic acids is 2. The predicted molar refractivity (Wildman–Crippen MR) is 78.2 cm³/mol. The quantitative estimate of drug-likeness (QED) is 0.628. The Morgan fingerprint density at radius 2 is 1.77 bits per heavy atom. The predicted octanol–water partition coefficient (Wildman–Crippen LogP) is 0.397. The number of hydrogen-bond donors (Lipinski definition) is 3. The van der Waals surface area contributed by atoms with Crippen LogP contribution in [0, 0.1) is 17.3 Å². The highest BCUT2D eigenvalue weighted by Crippen LogP contribution is 2.58. The number of carbonyl (C=O) groups excluding carboxylic acids is 1. The average Bonchev–Trinajstić information content (AvgIpc) is 2.93. The lowest BCUT2D eigenvalue weighted by Gasteiger charge is -2.42. The van der Waals surface area contributed by atoms with E-state index in [-0.39, 0.29) is 24.5 Å². The van der Waals surface area contributed by atoms with E-state index >= 15 is 0 Å². The van der Waals surface area contributed by atoms with Crippen LogP contribution >= 0.6 is 0 Å².